The van der Waals surface area contributed by atoms with Gasteiger partial charge in [-0.05, 0) is 52.8 Å². The highest BCUT2D eigenvalue weighted by molar-refractivity contribution is 6.06. The molecule has 0 bridgehead atoms. The summed E-state index contributed by atoms with van der Waals surface area (Å²) in [4.78, 5) is 24.7. The Hall–Kier alpha value is -3.52. The van der Waals surface area contributed by atoms with Gasteiger partial charge < -0.3 is 0 Å². The monoisotopic (exact) mass is 390 g/mol. The minimum atomic E-state index is -0.0562. The summed E-state index contributed by atoms with van der Waals surface area (Å²) in [6.07, 6.45) is 1.45. The van der Waals surface area contributed by atoms with Gasteiger partial charge in [0.15, 0.2) is 11.6 Å². The largest absolute Gasteiger partial charge is 0.295 e. The molecule has 0 N–H and O–H groups in total. The van der Waals surface area contributed by atoms with Gasteiger partial charge in [-0.25, -0.2) is 0 Å². The number of rotatable bonds is 4. The summed E-state index contributed by atoms with van der Waals surface area (Å²) in [6.45, 7) is 1.57. The van der Waals surface area contributed by atoms with Crippen molar-refractivity contribution in [3.8, 4) is 11.1 Å². The third-order valence-corrected chi connectivity index (χ3v) is 6.19. The third kappa shape index (κ3) is 3.15. The molecule has 4 aromatic rings. The summed E-state index contributed by atoms with van der Waals surface area (Å²) in [5.41, 5.74) is 6.15. The van der Waals surface area contributed by atoms with E-state index in [1.54, 1.807) is 6.92 Å². The van der Waals surface area contributed by atoms with Crippen molar-refractivity contribution in [3.63, 3.8) is 0 Å². The van der Waals surface area contributed by atoms with Gasteiger partial charge in [0, 0.05) is 17.0 Å². The maximum atomic E-state index is 13.2. The quantitative estimate of drug-likeness (QED) is 0.383. The van der Waals surface area contributed by atoms with Gasteiger partial charge in [0.2, 0.25) is 0 Å². The first kappa shape index (κ1) is 18.5. The molecule has 30 heavy (non-hydrogen) atoms. The summed E-state index contributed by atoms with van der Waals surface area (Å²) in [5, 5.41) is 2.42. The third-order valence-electron chi connectivity index (χ3n) is 6.19. The molecule has 1 unspecified atom stereocenters. The summed E-state index contributed by atoms with van der Waals surface area (Å²) < 4.78 is 0. The maximum absolute atomic E-state index is 13.2. The number of Topliss-reactive ketones (excluding diaryl/α,β-unsaturated/α-hetero) is 2. The fourth-order valence-electron chi connectivity index (χ4n) is 4.63. The first-order chi connectivity index (χ1) is 14.6. The number of benzene rings is 4. The van der Waals surface area contributed by atoms with E-state index in [9.17, 15) is 9.59 Å². The lowest BCUT2D eigenvalue weighted by Crippen LogP contribution is -2.12. The normalized spacial score (nSPS) is 15.4. The molecule has 2 heteroatoms. The van der Waals surface area contributed by atoms with E-state index >= 15 is 0 Å². The molecule has 0 aromatic heterocycles. The molecule has 1 atom stereocenters. The van der Waals surface area contributed by atoms with Crippen molar-refractivity contribution in [2.24, 2.45) is 5.92 Å². The van der Waals surface area contributed by atoms with Gasteiger partial charge in [0.25, 0.3) is 0 Å². The van der Waals surface area contributed by atoms with E-state index in [4.69, 9.17) is 0 Å². The second-order valence-corrected chi connectivity index (χ2v) is 8.08. The molecule has 0 saturated heterocycles. The fourth-order valence-corrected chi connectivity index (χ4v) is 4.63. The first-order valence-corrected chi connectivity index (χ1v) is 10.4. The van der Waals surface area contributed by atoms with E-state index in [2.05, 4.69) is 48.5 Å². The Labute approximate surface area is 176 Å². The summed E-state index contributed by atoms with van der Waals surface area (Å²) in [5.74, 6) is 0.229. The molecule has 0 radical (unpaired) electrons. The Morgan fingerprint density at radius 3 is 2.27 bits per heavy atom. The molecule has 2 nitrogen and oxygen atoms in total. The molecule has 1 aliphatic carbocycles. The first-order valence-electron chi connectivity index (χ1n) is 10.4. The number of fused-ring (bicyclic) bond motifs is 2. The molecular weight excluding hydrogens is 368 g/mol. The number of carbonyl (C=O) groups is 2. The lowest BCUT2D eigenvalue weighted by Gasteiger charge is -2.12. The van der Waals surface area contributed by atoms with Gasteiger partial charge in [-0.1, -0.05) is 84.9 Å². The lowest BCUT2D eigenvalue weighted by molar-refractivity contribution is 0.0935. The molecule has 0 fully saturated rings. The van der Waals surface area contributed by atoms with Gasteiger partial charge in [-0.15, -0.1) is 0 Å². The van der Waals surface area contributed by atoms with Crippen LogP contribution in [0.2, 0.25) is 0 Å². The van der Waals surface area contributed by atoms with Crippen LogP contribution in [-0.2, 0) is 12.8 Å². The molecule has 0 spiro atoms. The van der Waals surface area contributed by atoms with Crippen LogP contribution in [-0.4, -0.2) is 11.6 Å². The van der Waals surface area contributed by atoms with Crippen LogP contribution >= 0.6 is 0 Å². The molecule has 1 aliphatic rings. The number of ketones is 2. The Morgan fingerprint density at radius 2 is 1.47 bits per heavy atom. The van der Waals surface area contributed by atoms with Crippen LogP contribution in [0.3, 0.4) is 0 Å². The van der Waals surface area contributed by atoms with E-state index in [0.29, 0.717) is 12.0 Å². The number of carbonyl (C=O) groups excluding carboxylic acids is 2. The van der Waals surface area contributed by atoms with Crippen molar-refractivity contribution in [3.05, 3.63) is 107 Å². The van der Waals surface area contributed by atoms with Gasteiger partial charge >= 0.3 is 0 Å². The Bertz CT molecular complexity index is 1280. The molecule has 5 rings (SSSR count). The topological polar surface area (TPSA) is 34.1 Å². The zero-order chi connectivity index (χ0) is 20.7. The smallest absolute Gasteiger partial charge is 0.166 e. The molecule has 0 heterocycles. The van der Waals surface area contributed by atoms with E-state index < -0.39 is 0 Å². The van der Waals surface area contributed by atoms with E-state index in [0.717, 1.165) is 28.7 Å². The van der Waals surface area contributed by atoms with Crippen LogP contribution in [0, 0.1) is 5.92 Å². The van der Waals surface area contributed by atoms with Gasteiger partial charge in [0.1, 0.15) is 0 Å². The van der Waals surface area contributed by atoms with Gasteiger partial charge in [-0.2, -0.15) is 0 Å². The Morgan fingerprint density at radius 1 is 0.800 bits per heavy atom. The van der Waals surface area contributed by atoms with Crippen molar-refractivity contribution in [2.75, 3.05) is 0 Å². The second kappa shape index (κ2) is 7.38. The maximum Gasteiger partial charge on any atom is 0.166 e. The summed E-state index contributed by atoms with van der Waals surface area (Å²) in [6, 6.07) is 28.5. The highest BCUT2D eigenvalue weighted by atomic mass is 16.1. The molecule has 0 aliphatic heterocycles. The highest BCUT2D eigenvalue weighted by Gasteiger charge is 2.32. The van der Waals surface area contributed by atoms with Crippen LogP contribution in [0.1, 0.15) is 38.8 Å². The van der Waals surface area contributed by atoms with E-state index in [-0.39, 0.29) is 17.5 Å². The molecular formula is C28H22O2. The summed E-state index contributed by atoms with van der Waals surface area (Å²) >= 11 is 0. The standard InChI is InChI=1S/C28H22O2/c1-18(29)20-14-12-19(13-15-20)16-22-17-27-25(10-5-11-26(27)28(22)30)24-9-4-7-21-6-2-3-8-23(21)24/h2-15,22H,16-17H2,1H3. The van der Waals surface area contributed by atoms with Crippen molar-refractivity contribution in [2.45, 2.75) is 19.8 Å². The molecule has 0 saturated carbocycles. The molecule has 0 amide bonds. The van der Waals surface area contributed by atoms with E-state index in [1.165, 1.54) is 16.3 Å². The van der Waals surface area contributed by atoms with Crippen LogP contribution in [0.5, 0.6) is 0 Å². The van der Waals surface area contributed by atoms with Gasteiger partial charge in [-0.3, -0.25) is 9.59 Å². The molecule has 146 valence electrons. The number of hydrogen-bond donors (Lipinski definition) is 0. The fraction of sp³-hybridized carbons (Fsp3) is 0.143. The van der Waals surface area contributed by atoms with Crippen molar-refractivity contribution >= 4 is 22.3 Å². The minimum Gasteiger partial charge on any atom is -0.295 e. The van der Waals surface area contributed by atoms with Crippen molar-refractivity contribution < 1.29 is 9.59 Å². The lowest BCUT2D eigenvalue weighted by atomic mass is 9.92. The predicted molar refractivity (Wildman–Crippen MR) is 121 cm³/mol. The highest BCUT2D eigenvalue weighted by Crippen LogP contribution is 2.38. The summed E-state index contributed by atoms with van der Waals surface area (Å²) in [7, 11) is 0. The van der Waals surface area contributed by atoms with Crippen molar-refractivity contribution in [1.82, 2.24) is 0 Å². The number of hydrogen-bond acceptors (Lipinski definition) is 2. The predicted octanol–water partition coefficient (Wildman–Crippen LogP) is 6.31. The second-order valence-electron chi connectivity index (χ2n) is 8.08. The zero-order valence-electron chi connectivity index (χ0n) is 16.9. The average Bonchev–Trinajstić information content (AvgIpc) is 3.09. The van der Waals surface area contributed by atoms with Crippen LogP contribution < -0.4 is 0 Å². The van der Waals surface area contributed by atoms with Crippen LogP contribution in [0.25, 0.3) is 21.9 Å². The average molecular weight is 390 g/mol. The SMILES string of the molecule is CC(=O)c1ccc(CC2Cc3c(cccc3-c3cccc4ccccc34)C2=O)cc1. The zero-order valence-corrected chi connectivity index (χ0v) is 16.9. The van der Waals surface area contributed by atoms with Crippen molar-refractivity contribution in [1.29, 1.82) is 0 Å². The minimum absolute atomic E-state index is 0.0562. The van der Waals surface area contributed by atoms with E-state index in [1.807, 2.05) is 36.4 Å². The van der Waals surface area contributed by atoms with Crippen LogP contribution in [0.15, 0.2) is 84.9 Å². The Kier molecular flexibility index (Phi) is 4.55. The van der Waals surface area contributed by atoms with Gasteiger partial charge in [0.05, 0.1) is 0 Å². The van der Waals surface area contributed by atoms with Crippen LogP contribution in [0.4, 0.5) is 0 Å². The Balaban J connectivity index is 1.50. The molecule has 4 aromatic carbocycles.